The van der Waals surface area contributed by atoms with Crippen LogP contribution in [-0.2, 0) is 4.79 Å². The van der Waals surface area contributed by atoms with Crippen LogP contribution in [0.3, 0.4) is 0 Å². The summed E-state index contributed by atoms with van der Waals surface area (Å²) in [4.78, 5) is 17.4. The molecule has 0 N–H and O–H groups in total. The van der Waals surface area contributed by atoms with Gasteiger partial charge in [-0.15, -0.1) is 15.3 Å². The van der Waals surface area contributed by atoms with E-state index < -0.39 is 0 Å². The van der Waals surface area contributed by atoms with Crippen molar-refractivity contribution in [3.05, 3.63) is 54.4 Å². The van der Waals surface area contributed by atoms with E-state index in [1.807, 2.05) is 35.2 Å². The van der Waals surface area contributed by atoms with Gasteiger partial charge in [0, 0.05) is 26.2 Å². The molecule has 0 aliphatic carbocycles. The number of carbonyl (C=O) groups excluding carboxylic acids is 1. The van der Waals surface area contributed by atoms with Gasteiger partial charge in [-0.1, -0.05) is 44.2 Å². The second kappa shape index (κ2) is 7.34. The summed E-state index contributed by atoms with van der Waals surface area (Å²) < 4.78 is 1.68. The fourth-order valence-corrected chi connectivity index (χ4v) is 3.71. The molecule has 1 saturated heterocycles. The Bertz CT molecular complexity index is 914. The van der Waals surface area contributed by atoms with Gasteiger partial charge in [-0.05, 0) is 23.6 Å². The molecule has 1 fully saturated rings. The van der Waals surface area contributed by atoms with Crippen molar-refractivity contribution in [3.8, 4) is 0 Å². The predicted octanol–water partition coefficient (Wildman–Crippen LogP) is 2.21. The van der Waals surface area contributed by atoms with Crippen molar-refractivity contribution in [2.45, 2.75) is 19.8 Å². The molecule has 1 aromatic carbocycles. The molecule has 7 heteroatoms. The van der Waals surface area contributed by atoms with Gasteiger partial charge in [-0.3, -0.25) is 4.79 Å². The molecule has 0 radical (unpaired) electrons. The van der Waals surface area contributed by atoms with Gasteiger partial charge in [0.2, 0.25) is 5.91 Å². The van der Waals surface area contributed by atoms with Crippen molar-refractivity contribution in [1.29, 1.82) is 0 Å². The Balaban J connectivity index is 1.45. The van der Waals surface area contributed by atoms with Crippen LogP contribution in [0.2, 0.25) is 0 Å². The van der Waals surface area contributed by atoms with Crippen LogP contribution in [0, 0.1) is 5.92 Å². The summed E-state index contributed by atoms with van der Waals surface area (Å²) in [5.74, 6) is 1.27. The van der Waals surface area contributed by atoms with Crippen molar-refractivity contribution >= 4 is 17.4 Å². The minimum atomic E-state index is -0.0933. The Hall–Kier alpha value is -2.96. The van der Waals surface area contributed by atoms with E-state index in [-0.39, 0.29) is 17.7 Å². The molecule has 0 bridgehead atoms. The van der Waals surface area contributed by atoms with E-state index in [0.29, 0.717) is 13.1 Å². The van der Waals surface area contributed by atoms with Gasteiger partial charge >= 0.3 is 0 Å². The fraction of sp³-hybridized carbons (Fsp3) is 0.400. The lowest BCUT2D eigenvalue weighted by molar-refractivity contribution is -0.134. The van der Waals surface area contributed by atoms with Gasteiger partial charge in [-0.2, -0.15) is 4.52 Å². The van der Waals surface area contributed by atoms with Gasteiger partial charge in [-0.25, -0.2) is 0 Å². The second-order valence-electron chi connectivity index (χ2n) is 7.27. The van der Waals surface area contributed by atoms with Crippen molar-refractivity contribution < 1.29 is 4.79 Å². The predicted molar refractivity (Wildman–Crippen MR) is 104 cm³/mol. The van der Waals surface area contributed by atoms with Crippen LogP contribution >= 0.6 is 0 Å². The van der Waals surface area contributed by atoms with Crippen LogP contribution in [0.15, 0.2) is 48.8 Å². The van der Waals surface area contributed by atoms with Crippen LogP contribution in [0.1, 0.15) is 25.3 Å². The maximum atomic E-state index is 13.2. The summed E-state index contributed by atoms with van der Waals surface area (Å²) in [5, 5.41) is 12.4. The highest BCUT2D eigenvalue weighted by atomic mass is 16.2. The first-order valence-electron chi connectivity index (χ1n) is 9.39. The first kappa shape index (κ1) is 17.5. The van der Waals surface area contributed by atoms with Crippen LogP contribution in [0.4, 0.5) is 5.82 Å². The molecule has 4 rings (SSSR count). The SMILES string of the molecule is CC(C)C(C(=O)N1CCN(c2ccc3nncn3n2)CC1)c1ccccc1. The van der Waals surface area contributed by atoms with Crippen LogP contribution in [-0.4, -0.2) is 56.8 Å². The first-order valence-corrected chi connectivity index (χ1v) is 9.39. The van der Waals surface area contributed by atoms with E-state index in [0.717, 1.165) is 30.1 Å². The maximum absolute atomic E-state index is 13.2. The Kier molecular flexibility index (Phi) is 4.75. The largest absolute Gasteiger partial charge is 0.352 e. The number of nitrogens with zero attached hydrogens (tertiary/aromatic N) is 6. The van der Waals surface area contributed by atoms with Gasteiger partial charge in [0.05, 0.1) is 5.92 Å². The number of hydrogen-bond donors (Lipinski definition) is 0. The Morgan fingerprint density at radius 2 is 1.74 bits per heavy atom. The van der Waals surface area contributed by atoms with Gasteiger partial charge in [0.15, 0.2) is 5.65 Å². The van der Waals surface area contributed by atoms with E-state index in [9.17, 15) is 4.79 Å². The zero-order valence-corrected chi connectivity index (χ0v) is 15.7. The Morgan fingerprint density at radius 3 is 2.44 bits per heavy atom. The third-order valence-electron chi connectivity index (χ3n) is 5.15. The number of aromatic nitrogens is 4. The molecule has 140 valence electrons. The number of amides is 1. The van der Waals surface area contributed by atoms with Gasteiger partial charge < -0.3 is 9.80 Å². The minimum Gasteiger partial charge on any atom is -0.352 e. The fourth-order valence-electron chi connectivity index (χ4n) is 3.71. The zero-order valence-electron chi connectivity index (χ0n) is 15.7. The number of carbonyl (C=O) groups is 1. The average Bonchev–Trinajstić information content (AvgIpc) is 3.16. The van der Waals surface area contributed by atoms with Gasteiger partial charge in [0.25, 0.3) is 0 Å². The van der Waals surface area contributed by atoms with Crippen LogP contribution in [0.5, 0.6) is 0 Å². The number of anilines is 1. The summed E-state index contributed by atoms with van der Waals surface area (Å²) >= 11 is 0. The molecule has 2 aromatic heterocycles. The number of rotatable bonds is 4. The first-order chi connectivity index (χ1) is 13.1. The standard InChI is InChI=1S/C20H24N6O/c1-15(2)19(16-6-4-3-5-7-16)20(27)25-12-10-24(11-13-25)18-9-8-17-22-21-14-26(17)23-18/h3-9,14-15,19H,10-13H2,1-2H3. The van der Waals surface area contributed by atoms with E-state index in [2.05, 4.69) is 46.2 Å². The monoisotopic (exact) mass is 364 g/mol. The van der Waals surface area contributed by atoms with Crippen LogP contribution < -0.4 is 4.90 Å². The Morgan fingerprint density at radius 1 is 1.00 bits per heavy atom. The highest BCUT2D eigenvalue weighted by Crippen LogP contribution is 2.27. The summed E-state index contributed by atoms with van der Waals surface area (Å²) in [6.07, 6.45) is 1.60. The third kappa shape index (κ3) is 3.49. The molecule has 0 spiro atoms. The number of benzene rings is 1. The van der Waals surface area contributed by atoms with E-state index in [1.165, 1.54) is 0 Å². The van der Waals surface area contributed by atoms with Gasteiger partial charge in [0.1, 0.15) is 12.1 Å². The molecule has 1 amide bonds. The molecular formula is C20H24N6O. The highest BCUT2D eigenvalue weighted by molar-refractivity contribution is 5.84. The zero-order chi connectivity index (χ0) is 18.8. The van der Waals surface area contributed by atoms with E-state index in [1.54, 1.807) is 10.8 Å². The lowest BCUT2D eigenvalue weighted by Gasteiger charge is -2.37. The summed E-state index contributed by atoms with van der Waals surface area (Å²) in [7, 11) is 0. The van der Waals surface area contributed by atoms with Crippen molar-refractivity contribution in [2.75, 3.05) is 31.1 Å². The second-order valence-corrected chi connectivity index (χ2v) is 7.27. The molecule has 3 aromatic rings. The third-order valence-corrected chi connectivity index (χ3v) is 5.15. The molecule has 1 unspecified atom stereocenters. The highest BCUT2D eigenvalue weighted by Gasteiger charge is 2.30. The topological polar surface area (TPSA) is 66.6 Å². The molecular weight excluding hydrogens is 340 g/mol. The molecule has 1 aliphatic heterocycles. The van der Waals surface area contributed by atoms with Crippen molar-refractivity contribution in [2.24, 2.45) is 5.92 Å². The number of piperazine rings is 1. The Labute approximate surface area is 158 Å². The maximum Gasteiger partial charge on any atom is 0.230 e. The molecule has 3 heterocycles. The molecule has 7 nitrogen and oxygen atoms in total. The summed E-state index contributed by atoms with van der Waals surface area (Å²) in [6.45, 7) is 7.18. The molecule has 27 heavy (non-hydrogen) atoms. The minimum absolute atomic E-state index is 0.0933. The normalized spacial score (nSPS) is 16.1. The number of hydrogen-bond acceptors (Lipinski definition) is 5. The van der Waals surface area contributed by atoms with Crippen LogP contribution in [0.25, 0.3) is 5.65 Å². The average molecular weight is 364 g/mol. The molecule has 1 aliphatic rings. The van der Waals surface area contributed by atoms with E-state index >= 15 is 0 Å². The lowest BCUT2D eigenvalue weighted by atomic mass is 9.87. The molecule has 1 atom stereocenters. The van der Waals surface area contributed by atoms with Crippen molar-refractivity contribution in [1.82, 2.24) is 24.7 Å². The summed E-state index contributed by atoms with van der Waals surface area (Å²) in [6, 6.07) is 14.0. The summed E-state index contributed by atoms with van der Waals surface area (Å²) in [5.41, 5.74) is 1.83. The number of fused-ring (bicyclic) bond motifs is 1. The van der Waals surface area contributed by atoms with Crippen molar-refractivity contribution in [3.63, 3.8) is 0 Å². The quantitative estimate of drug-likeness (QED) is 0.710. The molecule has 0 saturated carbocycles. The van der Waals surface area contributed by atoms with E-state index in [4.69, 9.17) is 0 Å². The smallest absolute Gasteiger partial charge is 0.230 e. The lowest BCUT2D eigenvalue weighted by Crippen LogP contribution is -2.50.